The number of amides is 1. The first-order chi connectivity index (χ1) is 14.2. The number of rotatable bonds is 5. The number of benzene rings is 2. The summed E-state index contributed by atoms with van der Waals surface area (Å²) in [5.41, 5.74) is 5.03. The van der Waals surface area contributed by atoms with Crippen molar-refractivity contribution in [2.45, 2.75) is 13.0 Å². The molecular formula is C24H22ClN3O. The van der Waals surface area contributed by atoms with E-state index in [1.807, 2.05) is 48.5 Å². The Morgan fingerprint density at radius 1 is 1.07 bits per heavy atom. The van der Waals surface area contributed by atoms with Crippen LogP contribution in [0.3, 0.4) is 0 Å². The second-order valence-electron chi connectivity index (χ2n) is 7.10. The first-order valence-electron chi connectivity index (χ1n) is 9.64. The Bertz CT molecular complexity index is 1020. The minimum Gasteiger partial charge on any atom is -0.322 e. The average molecular weight is 404 g/mol. The minimum absolute atomic E-state index is 0.114. The number of aromatic nitrogens is 1. The second kappa shape index (κ2) is 9.03. The van der Waals surface area contributed by atoms with Crippen molar-refractivity contribution >= 4 is 29.3 Å². The highest BCUT2D eigenvalue weighted by molar-refractivity contribution is 6.31. The smallest absolute Gasteiger partial charge is 0.255 e. The third kappa shape index (κ3) is 4.91. The van der Waals surface area contributed by atoms with Gasteiger partial charge < -0.3 is 5.32 Å². The van der Waals surface area contributed by atoms with Crippen LogP contribution in [0.2, 0.25) is 0 Å². The monoisotopic (exact) mass is 403 g/mol. The molecule has 2 aromatic carbocycles. The van der Waals surface area contributed by atoms with E-state index in [1.165, 1.54) is 11.1 Å². The SMILES string of the molecule is O=C(Nc1cccc2c1CCN(CC(Cl)=Cc1ccccc1)C2)c1ccncc1. The zero-order valence-electron chi connectivity index (χ0n) is 16.0. The predicted molar refractivity (Wildman–Crippen MR) is 118 cm³/mol. The lowest BCUT2D eigenvalue weighted by atomic mass is 9.97. The number of carbonyl (C=O) groups excluding carboxylic acids is 1. The van der Waals surface area contributed by atoms with E-state index in [0.29, 0.717) is 12.1 Å². The van der Waals surface area contributed by atoms with E-state index in [1.54, 1.807) is 24.5 Å². The molecule has 0 fully saturated rings. The Kier molecular flexibility index (Phi) is 6.03. The van der Waals surface area contributed by atoms with Crippen LogP contribution in [0.5, 0.6) is 0 Å². The molecule has 2 heterocycles. The van der Waals surface area contributed by atoms with Gasteiger partial charge in [0, 0.05) is 48.3 Å². The van der Waals surface area contributed by atoms with Crippen molar-refractivity contribution in [3.05, 3.63) is 100 Å². The van der Waals surface area contributed by atoms with Gasteiger partial charge in [0.1, 0.15) is 0 Å². The molecule has 1 aliphatic heterocycles. The first-order valence-corrected chi connectivity index (χ1v) is 10.0. The molecule has 1 aromatic heterocycles. The van der Waals surface area contributed by atoms with Crippen LogP contribution < -0.4 is 5.32 Å². The summed E-state index contributed by atoms with van der Waals surface area (Å²) < 4.78 is 0. The molecule has 5 heteroatoms. The van der Waals surface area contributed by atoms with Crippen LogP contribution in [-0.4, -0.2) is 28.9 Å². The molecular weight excluding hydrogens is 382 g/mol. The quantitative estimate of drug-likeness (QED) is 0.654. The van der Waals surface area contributed by atoms with E-state index in [2.05, 4.69) is 21.3 Å². The number of nitrogens with zero attached hydrogens (tertiary/aromatic N) is 2. The Balaban J connectivity index is 1.44. The lowest BCUT2D eigenvalue weighted by Crippen LogP contribution is -2.32. The Labute approximate surface area is 175 Å². The van der Waals surface area contributed by atoms with Crippen molar-refractivity contribution in [1.82, 2.24) is 9.88 Å². The molecule has 1 amide bonds. The highest BCUT2D eigenvalue weighted by Crippen LogP contribution is 2.27. The standard InChI is InChI=1S/C24H22ClN3O/c25-21(15-18-5-2-1-3-6-18)17-28-14-11-22-20(16-28)7-4-8-23(22)27-24(29)19-9-12-26-13-10-19/h1-10,12-13,15H,11,14,16-17H2,(H,27,29). The number of carbonyl (C=O) groups is 1. The molecule has 146 valence electrons. The third-order valence-electron chi connectivity index (χ3n) is 5.03. The summed E-state index contributed by atoms with van der Waals surface area (Å²) in [6.07, 6.45) is 6.14. The Morgan fingerprint density at radius 3 is 2.66 bits per heavy atom. The second-order valence-corrected chi connectivity index (χ2v) is 7.58. The van der Waals surface area contributed by atoms with Crippen molar-refractivity contribution in [3.63, 3.8) is 0 Å². The first kappa shape index (κ1) is 19.4. The summed E-state index contributed by atoms with van der Waals surface area (Å²) >= 11 is 6.50. The maximum atomic E-state index is 12.5. The topological polar surface area (TPSA) is 45.2 Å². The van der Waals surface area contributed by atoms with Gasteiger partial charge in [-0.3, -0.25) is 14.7 Å². The van der Waals surface area contributed by atoms with Crippen molar-refractivity contribution in [2.75, 3.05) is 18.4 Å². The molecule has 3 aromatic rings. The van der Waals surface area contributed by atoms with Crippen LogP contribution in [-0.2, 0) is 13.0 Å². The summed E-state index contributed by atoms with van der Waals surface area (Å²) in [7, 11) is 0. The molecule has 0 unspecified atom stereocenters. The largest absolute Gasteiger partial charge is 0.322 e. The predicted octanol–water partition coefficient (Wildman–Crippen LogP) is 4.97. The van der Waals surface area contributed by atoms with E-state index in [9.17, 15) is 4.79 Å². The van der Waals surface area contributed by atoms with Crippen LogP contribution in [0, 0.1) is 0 Å². The molecule has 0 atom stereocenters. The van der Waals surface area contributed by atoms with Crippen molar-refractivity contribution in [1.29, 1.82) is 0 Å². The van der Waals surface area contributed by atoms with Crippen LogP contribution in [0.4, 0.5) is 5.69 Å². The van der Waals surface area contributed by atoms with Gasteiger partial charge in [0.15, 0.2) is 0 Å². The molecule has 0 saturated heterocycles. The highest BCUT2D eigenvalue weighted by atomic mass is 35.5. The number of anilines is 1. The summed E-state index contributed by atoms with van der Waals surface area (Å²) in [4.78, 5) is 18.8. The summed E-state index contributed by atoms with van der Waals surface area (Å²) in [6, 6.07) is 19.6. The third-order valence-corrected chi connectivity index (χ3v) is 5.26. The molecule has 0 radical (unpaired) electrons. The highest BCUT2D eigenvalue weighted by Gasteiger charge is 2.20. The van der Waals surface area contributed by atoms with Crippen LogP contribution in [0.15, 0.2) is 78.1 Å². The molecule has 1 N–H and O–H groups in total. The average Bonchev–Trinajstić information content (AvgIpc) is 2.75. The van der Waals surface area contributed by atoms with E-state index < -0.39 is 0 Å². The van der Waals surface area contributed by atoms with Crippen LogP contribution in [0.1, 0.15) is 27.0 Å². The molecule has 4 rings (SSSR count). The van der Waals surface area contributed by atoms with Gasteiger partial charge in [-0.15, -0.1) is 0 Å². The van der Waals surface area contributed by atoms with Gasteiger partial charge in [0.05, 0.1) is 0 Å². The molecule has 0 saturated carbocycles. The number of hydrogen-bond acceptors (Lipinski definition) is 3. The number of pyridine rings is 1. The van der Waals surface area contributed by atoms with E-state index in [-0.39, 0.29) is 5.91 Å². The lowest BCUT2D eigenvalue weighted by molar-refractivity contribution is 0.102. The zero-order valence-corrected chi connectivity index (χ0v) is 16.8. The normalized spacial score (nSPS) is 14.3. The van der Waals surface area contributed by atoms with Crippen LogP contribution >= 0.6 is 11.6 Å². The van der Waals surface area contributed by atoms with Crippen molar-refractivity contribution < 1.29 is 4.79 Å². The van der Waals surface area contributed by atoms with Crippen molar-refractivity contribution in [3.8, 4) is 0 Å². The molecule has 4 nitrogen and oxygen atoms in total. The molecule has 0 aliphatic carbocycles. The van der Waals surface area contributed by atoms with Gasteiger partial charge in [-0.25, -0.2) is 0 Å². The minimum atomic E-state index is -0.114. The van der Waals surface area contributed by atoms with Crippen LogP contribution in [0.25, 0.3) is 6.08 Å². The van der Waals surface area contributed by atoms with Gasteiger partial charge in [-0.05, 0) is 47.4 Å². The fraction of sp³-hybridized carbons (Fsp3) is 0.167. The number of halogens is 1. The molecule has 0 bridgehead atoms. The summed E-state index contributed by atoms with van der Waals surface area (Å²) in [6.45, 7) is 2.42. The van der Waals surface area contributed by atoms with E-state index >= 15 is 0 Å². The molecule has 1 aliphatic rings. The van der Waals surface area contributed by atoms with Gasteiger partial charge in [-0.2, -0.15) is 0 Å². The van der Waals surface area contributed by atoms with Gasteiger partial charge in [0.25, 0.3) is 5.91 Å². The van der Waals surface area contributed by atoms with E-state index in [4.69, 9.17) is 11.6 Å². The maximum Gasteiger partial charge on any atom is 0.255 e. The molecule has 29 heavy (non-hydrogen) atoms. The molecule has 0 spiro atoms. The van der Waals surface area contributed by atoms with Gasteiger partial charge in [-0.1, -0.05) is 54.1 Å². The Morgan fingerprint density at radius 2 is 1.86 bits per heavy atom. The number of fused-ring (bicyclic) bond motifs is 1. The fourth-order valence-corrected chi connectivity index (χ4v) is 3.90. The lowest BCUT2D eigenvalue weighted by Gasteiger charge is -2.30. The van der Waals surface area contributed by atoms with Crippen molar-refractivity contribution in [2.24, 2.45) is 0 Å². The van der Waals surface area contributed by atoms with E-state index in [0.717, 1.165) is 35.8 Å². The number of hydrogen-bond donors (Lipinski definition) is 1. The maximum absolute atomic E-state index is 12.5. The number of nitrogens with one attached hydrogen (secondary N) is 1. The Hall–Kier alpha value is -2.95. The summed E-state index contributed by atoms with van der Waals surface area (Å²) in [5.74, 6) is -0.114. The fourth-order valence-electron chi connectivity index (χ4n) is 3.61. The van der Waals surface area contributed by atoms with Gasteiger partial charge in [0.2, 0.25) is 0 Å². The van der Waals surface area contributed by atoms with Gasteiger partial charge >= 0.3 is 0 Å². The zero-order chi connectivity index (χ0) is 20.1. The summed E-state index contributed by atoms with van der Waals surface area (Å²) in [5, 5.41) is 3.87.